The molecule has 1 aromatic rings. The summed E-state index contributed by atoms with van der Waals surface area (Å²) in [5.41, 5.74) is -1.37. The van der Waals surface area contributed by atoms with Gasteiger partial charge in [0, 0.05) is 0 Å². The van der Waals surface area contributed by atoms with Gasteiger partial charge in [-0.05, 0) is 0 Å². The monoisotopic (exact) mass is 283 g/mol. The molecule has 0 unspecified atom stereocenters. The predicted molar refractivity (Wildman–Crippen MR) is 35.8 cm³/mol. The van der Waals surface area contributed by atoms with Crippen LogP contribution < -0.4 is 0 Å². The van der Waals surface area contributed by atoms with Crippen molar-refractivity contribution in [2.24, 2.45) is 0 Å². The van der Waals surface area contributed by atoms with E-state index in [1.807, 2.05) is 0 Å². The molecule has 0 aliphatic heterocycles. The number of hydrogen-bond acceptors (Lipinski definition) is 1. The second-order valence-electron chi connectivity index (χ2n) is 2.65. The Morgan fingerprint density at radius 1 is 1.00 bits per heavy atom. The van der Waals surface area contributed by atoms with Gasteiger partial charge in [0.2, 0.25) is 0 Å². The Bertz CT molecular complexity index is 338. The van der Waals surface area contributed by atoms with Crippen molar-refractivity contribution in [2.75, 3.05) is 0 Å². The Morgan fingerprint density at radius 2 is 1.43 bits per heavy atom. The summed E-state index contributed by atoms with van der Waals surface area (Å²) in [5.74, 6) is -5.51. The average molecular weight is 284 g/mol. The van der Waals surface area contributed by atoms with E-state index in [9.17, 15) is 17.6 Å². The summed E-state index contributed by atoms with van der Waals surface area (Å²) in [6.45, 7) is 0.503. The molecule has 6 heteroatoms. The molecule has 0 saturated heterocycles. The van der Waals surface area contributed by atoms with Crippen LogP contribution in [0.25, 0.3) is 0 Å². The molecular weight excluding hydrogens is 279 g/mol. The van der Waals surface area contributed by atoms with Crippen LogP contribution in [0.15, 0.2) is 0 Å². The van der Waals surface area contributed by atoms with Gasteiger partial charge in [-0.15, -0.1) is 0 Å². The molecule has 0 spiro atoms. The summed E-state index contributed by atoms with van der Waals surface area (Å²) in [6, 6.07) is 0. The first kappa shape index (κ1) is 11.9. The molecule has 0 aromatic heterocycles. The molecule has 1 rings (SSSR count). The zero-order valence-corrected chi connectivity index (χ0v) is 9.59. The summed E-state index contributed by atoms with van der Waals surface area (Å²) in [4.78, 5) is 0. The molecule has 0 amide bonds. The van der Waals surface area contributed by atoms with Crippen molar-refractivity contribution in [3.63, 3.8) is 0 Å². The van der Waals surface area contributed by atoms with Gasteiger partial charge >= 0.3 is 93.5 Å². The zero-order chi connectivity index (χ0) is 10.9. The molecule has 1 aromatic carbocycles. The van der Waals surface area contributed by atoms with Crippen LogP contribution >= 0.6 is 0 Å². The van der Waals surface area contributed by atoms with E-state index >= 15 is 0 Å². The predicted octanol–water partition coefficient (Wildman–Crippen LogP) is 2.53. The van der Waals surface area contributed by atoms with E-state index in [1.165, 1.54) is 0 Å². The molecule has 0 bridgehead atoms. The third kappa shape index (κ3) is 1.91. The second kappa shape index (κ2) is 4.53. The van der Waals surface area contributed by atoms with E-state index in [0.29, 0.717) is 25.2 Å². The Labute approximate surface area is 93.5 Å². The van der Waals surface area contributed by atoms with Crippen LogP contribution in [0.2, 0.25) is 0 Å². The molecular formula is C8H5F4OZr. The third-order valence-electron chi connectivity index (χ3n) is 1.79. The molecule has 75 valence electrons. The van der Waals surface area contributed by atoms with Gasteiger partial charge in [0.05, 0.1) is 0 Å². The average Bonchev–Trinajstić information content (AvgIpc) is 2.19. The van der Waals surface area contributed by atoms with E-state index < -0.39 is 41.0 Å². The van der Waals surface area contributed by atoms with E-state index in [4.69, 9.17) is 0 Å². The maximum atomic E-state index is 13.0. The quantitative estimate of drug-likeness (QED) is 0.599. The number of rotatable bonds is 2. The first-order valence-electron chi connectivity index (χ1n) is 3.60. The number of halogens is 4. The number of hydrogen-bond donors (Lipinski definition) is 0. The zero-order valence-electron chi connectivity index (χ0n) is 7.13. The van der Waals surface area contributed by atoms with Crippen molar-refractivity contribution in [3.8, 4) is 0 Å². The molecule has 0 fully saturated rings. The van der Waals surface area contributed by atoms with Crippen molar-refractivity contribution >= 4 is 0 Å². The normalized spacial score (nSPS) is 10.6. The molecule has 0 atom stereocenters. The molecule has 14 heavy (non-hydrogen) atoms. The molecule has 0 aliphatic carbocycles. The summed E-state index contributed by atoms with van der Waals surface area (Å²) >= 11 is 0.566. The van der Waals surface area contributed by atoms with Gasteiger partial charge in [-0.1, -0.05) is 0 Å². The van der Waals surface area contributed by atoms with Crippen molar-refractivity contribution < 1.29 is 45.5 Å². The van der Waals surface area contributed by atoms with Crippen molar-refractivity contribution in [1.82, 2.24) is 0 Å². The summed E-state index contributed by atoms with van der Waals surface area (Å²) < 4.78 is 56.4. The van der Waals surface area contributed by atoms with Gasteiger partial charge < -0.3 is 0 Å². The number of benzene rings is 1. The van der Waals surface area contributed by atoms with Gasteiger partial charge in [0.1, 0.15) is 0 Å². The minimum atomic E-state index is -1.39. The Kier molecular flexibility index (Phi) is 3.84. The van der Waals surface area contributed by atoms with Crippen molar-refractivity contribution in [1.29, 1.82) is 0 Å². The summed E-state index contributed by atoms with van der Waals surface area (Å²) in [7, 11) is 0. The fourth-order valence-corrected chi connectivity index (χ4v) is 1.34. The summed E-state index contributed by atoms with van der Waals surface area (Å²) in [6.07, 6.45) is 0. The maximum absolute atomic E-state index is 13.0. The molecule has 0 heterocycles. The molecule has 0 N–H and O–H groups in total. The SMILES string of the molecule is Cc1c(F)c(F)c(C[O][Zr])c(F)c1F. The van der Waals surface area contributed by atoms with Crippen LogP contribution in [0.3, 0.4) is 0 Å². The van der Waals surface area contributed by atoms with E-state index in [1.54, 1.807) is 0 Å². The van der Waals surface area contributed by atoms with Crippen LogP contribution in [-0.4, -0.2) is 0 Å². The Hall–Kier alpha value is -0.217. The standard InChI is InChI=1S/C8H5F4O.Zr/c1-3-5(9)7(11)4(2-13)8(12)6(3)10;/h2H2,1H3;/q-1;+1. The Morgan fingerprint density at radius 3 is 1.79 bits per heavy atom. The minimum absolute atomic E-state index is 0.468. The van der Waals surface area contributed by atoms with E-state index in [2.05, 4.69) is 2.81 Å². The van der Waals surface area contributed by atoms with Gasteiger partial charge in [0.25, 0.3) is 0 Å². The van der Waals surface area contributed by atoms with Gasteiger partial charge in [-0.2, -0.15) is 0 Å². The molecule has 0 saturated carbocycles. The topological polar surface area (TPSA) is 9.23 Å². The molecule has 0 aliphatic rings. The molecule has 1 nitrogen and oxygen atoms in total. The van der Waals surface area contributed by atoms with E-state index in [-0.39, 0.29) is 0 Å². The Balaban J connectivity index is 3.43. The van der Waals surface area contributed by atoms with Crippen LogP contribution in [0.1, 0.15) is 11.1 Å². The van der Waals surface area contributed by atoms with Crippen LogP contribution in [0.4, 0.5) is 17.6 Å². The second-order valence-corrected chi connectivity index (χ2v) is 3.36. The van der Waals surface area contributed by atoms with Crippen molar-refractivity contribution in [3.05, 3.63) is 34.4 Å². The fraction of sp³-hybridized carbons (Fsp3) is 0.250. The van der Waals surface area contributed by atoms with Crippen molar-refractivity contribution in [2.45, 2.75) is 13.5 Å². The van der Waals surface area contributed by atoms with Gasteiger partial charge in [0.15, 0.2) is 0 Å². The van der Waals surface area contributed by atoms with Gasteiger partial charge in [-0.3, -0.25) is 0 Å². The summed E-state index contributed by atoms with van der Waals surface area (Å²) in [5, 5.41) is 0. The first-order valence-corrected chi connectivity index (χ1v) is 4.61. The van der Waals surface area contributed by atoms with Crippen LogP contribution in [-0.2, 0) is 34.6 Å². The third-order valence-corrected chi connectivity index (χ3v) is 2.15. The van der Waals surface area contributed by atoms with E-state index in [0.717, 1.165) is 6.92 Å². The van der Waals surface area contributed by atoms with Crippen LogP contribution in [0.5, 0.6) is 0 Å². The van der Waals surface area contributed by atoms with Gasteiger partial charge in [-0.25, -0.2) is 0 Å². The van der Waals surface area contributed by atoms with Crippen LogP contribution in [0, 0.1) is 30.2 Å². The fourth-order valence-electron chi connectivity index (χ4n) is 0.986. The molecule has 0 radical (unpaired) electrons. The first-order chi connectivity index (χ1) is 6.50.